The summed E-state index contributed by atoms with van der Waals surface area (Å²) in [7, 11) is 3.21. The predicted octanol–water partition coefficient (Wildman–Crippen LogP) is 3.95. The highest BCUT2D eigenvalue weighted by Crippen LogP contribution is 2.35. The predicted molar refractivity (Wildman–Crippen MR) is 123 cm³/mol. The van der Waals surface area contributed by atoms with Crippen LogP contribution in [0.4, 0.5) is 10.9 Å². The number of thiazole rings is 1. The zero-order valence-corrected chi connectivity index (χ0v) is 18.7. The Morgan fingerprint density at radius 1 is 1.22 bits per heavy atom. The van der Waals surface area contributed by atoms with Crippen LogP contribution in [-0.4, -0.2) is 43.2 Å². The molecular formula is C23H23N5O3S. The van der Waals surface area contributed by atoms with Gasteiger partial charge in [0.15, 0.2) is 5.13 Å². The second-order valence-electron chi connectivity index (χ2n) is 7.37. The number of aromatic nitrogens is 2. The summed E-state index contributed by atoms with van der Waals surface area (Å²) in [6.07, 6.45) is 3.04. The second-order valence-corrected chi connectivity index (χ2v) is 8.23. The van der Waals surface area contributed by atoms with Crippen molar-refractivity contribution in [3.05, 3.63) is 47.5 Å². The van der Waals surface area contributed by atoms with Gasteiger partial charge < -0.3 is 19.7 Å². The molecule has 4 rings (SSSR count). The first kappa shape index (κ1) is 21.6. The van der Waals surface area contributed by atoms with Crippen molar-refractivity contribution in [1.82, 2.24) is 9.97 Å². The summed E-state index contributed by atoms with van der Waals surface area (Å²) in [6.45, 7) is 1.48. The van der Waals surface area contributed by atoms with Gasteiger partial charge in [-0.25, -0.2) is 9.97 Å². The minimum Gasteiger partial charge on any atom is -0.497 e. The summed E-state index contributed by atoms with van der Waals surface area (Å²) < 4.78 is 10.7. The number of pyridine rings is 1. The molecule has 0 unspecified atom stereocenters. The lowest BCUT2D eigenvalue weighted by Crippen LogP contribution is -2.38. The molecule has 8 nitrogen and oxygen atoms in total. The van der Waals surface area contributed by atoms with E-state index >= 15 is 0 Å². The highest BCUT2D eigenvalue weighted by Gasteiger charge is 2.26. The fourth-order valence-electron chi connectivity index (χ4n) is 3.68. The first-order valence-electron chi connectivity index (χ1n) is 10.2. The van der Waals surface area contributed by atoms with Gasteiger partial charge in [0, 0.05) is 42.2 Å². The molecule has 0 saturated carbocycles. The molecule has 1 aliphatic heterocycles. The van der Waals surface area contributed by atoms with Gasteiger partial charge >= 0.3 is 0 Å². The van der Waals surface area contributed by atoms with Crippen LogP contribution in [0.25, 0.3) is 11.3 Å². The molecule has 1 aliphatic rings. The maximum atomic E-state index is 12.8. The van der Waals surface area contributed by atoms with Crippen LogP contribution >= 0.6 is 11.3 Å². The lowest BCUT2D eigenvalue weighted by Gasteiger charge is -2.31. The summed E-state index contributed by atoms with van der Waals surface area (Å²) >= 11 is 1.39. The fraction of sp³-hybridized carbons (Fsp3) is 0.304. The van der Waals surface area contributed by atoms with Gasteiger partial charge in [0.2, 0.25) is 5.91 Å². The van der Waals surface area contributed by atoms with Crippen molar-refractivity contribution < 1.29 is 14.3 Å². The molecule has 9 heteroatoms. The molecule has 164 valence electrons. The van der Waals surface area contributed by atoms with Crippen LogP contribution in [0.15, 0.2) is 41.9 Å². The number of nitrogens with one attached hydrogen (secondary N) is 1. The van der Waals surface area contributed by atoms with Gasteiger partial charge in [-0.05, 0) is 37.1 Å². The Bertz CT molecular complexity index is 1130. The minimum atomic E-state index is -0.0764. The average molecular weight is 450 g/mol. The highest BCUT2D eigenvalue weighted by molar-refractivity contribution is 7.14. The molecular weight excluding hydrogens is 426 g/mol. The number of carbonyl (C=O) groups excluding carboxylic acids is 1. The van der Waals surface area contributed by atoms with Crippen molar-refractivity contribution in [2.75, 3.05) is 37.5 Å². The minimum absolute atomic E-state index is 0.0139. The molecule has 1 N–H and O–H groups in total. The Morgan fingerprint density at radius 2 is 2.03 bits per heavy atom. The van der Waals surface area contributed by atoms with Crippen molar-refractivity contribution in [3.63, 3.8) is 0 Å². The topological polar surface area (TPSA) is 100 Å². The number of carbonyl (C=O) groups is 1. The number of anilines is 2. The molecule has 2 aromatic heterocycles. The van der Waals surface area contributed by atoms with E-state index in [9.17, 15) is 4.79 Å². The smallest absolute Gasteiger partial charge is 0.229 e. The Morgan fingerprint density at radius 3 is 2.69 bits per heavy atom. The third kappa shape index (κ3) is 4.65. The summed E-state index contributed by atoms with van der Waals surface area (Å²) in [4.78, 5) is 23.9. The maximum Gasteiger partial charge on any atom is 0.229 e. The standard InChI is InChI=1S/C23H23N5O3S/c1-30-17-4-5-18(20(11-17)31-2)19-14-32-23(26-19)27-22(29)16-7-9-28(10-8-16)21-6-3-15(12-24)13-25-21/h3-6,11,13-14,16H,7-10H2,1-2H3,(H,26,27,29). The van der Waals surface area contributed by atoms with Crippen molar-refractivity contribution in [2.24, 2.45) is 5.92 Å². The first-order chi connectivity index (χ1) is 15.6. The maximum absolute atomic E-state index is 12.8. The van der Waals surface area contributed by atoms with Gasteiger partial charge in [-0.3, -0.25) is 4.79 Å². The average Bonchev–Trinajstić information content (AvgIpc) is 3.31. The number of methoxy groups -OCH3 is 2. The van der Waals surface area contributed by atoms with E-state index in [4.69, 9.17) is 14.7 Å². The van der Waals surface area contributed by atoms with Crippen LogP contribution in [0.5, 0.6) is 11.5 Å². The molecule has 3 aromatic rings. The summed E-state index contributed by atoms with van der Waals surface area (Å²) in [6, 6.07) is 11.2. The SMILES string of the molecule is COc1ccc(-c2csc(NC(=O)C3CCN(c4ccc(C#N)cn4)CC3)n2)c(OC)c1. The number of hydrogen-bond acceptors (Lipinski definition) is 8. The third-order valence-corrected chi connectivity index (χ3v) is 6.24. The molecule has 3 heterocycles. The van der Waals surface area contributed by atoms with Crippen LogP contribution in [0, 0.1) is 17.2 Å². The number of amides is 1. The van der Waals surface area contributed by atoms with E-state index in [1.54, 1.807) is 26.5 Å². The molecule has 1 fully saturated rings. The number of nitrogens with zero attached hydrogens (tertiary/aromatic N) is 4. The molecule has 0 bridgehead atoms. The van der Waals surface area contributed by atoms with E-state index in [0.717, 1.165) is 43.0 Å². The first-order valence-corrected chi connectivity index (χ1v) is 11.1. The number of rotatable bonds is 6. The van der Waals surface area contributed by atoms with Gasteiger partial charge in [0.05, 0.1) is 25.5 Å². The van der Waals surface area contributed by atoms with E-state index in [-0.39, 0.29) is 11.8 Å². The monoisotopic (exact) mass is 449 g/mol. The zero-order chi connectivity index (χ0) is 22.5. The number of piperidine rings is 1. The molecule has 1 aromatic carbocycles. The Balaban J connectivity index is 1.36. The van der Waals surface area contributed by atoms with Crippen LogP contribution in [0.3, 0.4) is 0 Å². The number of ether oxygens (including phenoxy) is 2. The van der Waals surface area contributed by atoms with Crippen LogP contribution in [0.2, 0.25) is 0 Å². The van der Waals surface area contributed by atoms with E-state index in [1.807, 2.05) is 29.6 Å². The van der Waals surface area contributed by atoms with E-state index in [1.165, 1.54) is 11.3 Å². The van der Waals surface area contributed by atoms with Crippen LogP contribution in [0.1, 0.15) is 18.4 Å². The summed E-state index contributed by atoms with van der Waals surface area (Å²) in [5, 5.41) is 14.3. The molecule has 0 spiro atoms. The van der Waals surface area contributed by atoms with Gasteiger partial charge in [0.1, 0.15) is 23.4 Å². The van der Waals surface area contributed by atoms with E-state index in [2.05, 4.69) is 26.3 Å². The van der Waals surface area contributed by atoms with Crippen LogP contribution in [-0.2, 0) is 4.79 Å². The van der Waals surface area contributed by atoms with Gasteiger partial charge in [0.25, 0.3) is 0 Å². The fourth-order valence-corrected chi connectivity index (χ4v) is 4.40. The van der Waals surface area contributed by atoms with Crippen LogP contribution < -0.4 is 19.7 Å². The van der Waals surface area contributed by atoms with Crippen molar-refractivity contribution >= 4 is 28.2 Å². The van der Waals surface area contributed by atoms with Gasteiger partial charge in [-0.2, -0.15) is 5.26 Å². The largest absolute Gasteiger partial charge is 0.497 e. The highest BCUT2D eigenvalue weighted by atomic mass is 32.1. The zero-order valence-electron chi connectivity index (χ0n) is 17.9. The lowest BCUT2D eigenvalue weighted by molar-refractivity contribution is -0.120. The Hall–Kier alpha value is -3.64. The van der Waals surface area contributed by atoms with Crippen molar-refractivity contribution in [2.45, 2.75) is 12.8 Å². The van der Waals surface area contributed by atoms with Crippen molar-refractivity contribution in [3.8, 4) is 28.8 Å². The molecule has 0 radical (unpaired) electrons. The summed E-state index contributed by atoms with van der Waals surface area (Å²) in [5.74, 6) is 2.11. The molecule has 0 atom stereocenters. The molecule has 1 saturated heterocycles. The normalized spacial score (nSPS) is 14.0. The second kappa shape index (κ2) is 9.66. The van der Waals surface area contributed by atoms with Gasteiger partial charge in [-0.15, -0.1) is 11.3 Å². The number of benzene rings is 1. The Kier molecular flexibility index (Phi) is 6.52. The lowest BCUT2D eigenvalue weighted by atomic mass is 9.96. The van der Waals surface area contributed by atoms with E-state index in [0.29, 0.717) is 22.2 Å². The molecule has 1 amide bonds. The van der Waals surface area contributed by atoms with E-state index < -0.39 is 0 Å². The number of hydrogen-bond donors (Lipinski definition) is 1. The van der Waals surface area contributed by atoms with Crippen molar-refractivity contribution in [1.29, 1.82) is 5.26 Å². The summed E-state index contributed by atoms with van der Waals surface area (Å²) in [5.41, 5.74) is 2.12. The molecule has 0 aliphatic carbocycles. The number of nitriles is 1. The van der Waals surface area contributed by atoms with Gasteiger partial charge in [-0.1, -0.05) is 0 Å². The quantitative estimate of drug-likeness (QED) is 0.608. The molecule has 32 heavy (non-hydrogen) atoms. The Labute approximate surface area is 190 Å². The third-order valence-electron chi connectivity index (χ3n) is 5.49.